The van der Waals surface area contributed by atoms with Gasteiger partial charge in [0.05, 0.1) is 18.0 Å². The molecule has 35 heavy (non-hydrogen) atoms. The maximum absolute atomic E-state index is 12.4. The third-order valence-corrected chi connectivity index (χ3v) is 7.71. The van der Waals surface area contributed by atoms with Crippen LogP contribution < -0.4 is 5.73 Å². The first-order chi connectivity index (χ1) is 17.0. The Morgan fingerprint density at radius 2 is 1.86 bits per heavy atom. The van der Waals surface area contributed by atoms with Crippen LogP contribution in [0.4, 0.5) is 5.69 Å². The van der Waals surface area contributed by atoms with Crippen molar-refractivity contribution in [3.63, 3.8) is 0 Å². The predicted molar refractivity (Wildman–Crippen MR) is 144 cm³/mol. The number of rotatable bonds is 5. The van der Waals surface area contributed by atoms with Gasteiger partial charge in [0.15, 0.2) is 9.92 Å². The van der Waals surface area contributed by atoms with E-state index in [-0.39, 0.29) is 5.97 Å². The van der Waals surface area contributed by atoms with Crippen molar-refractivity contribution in [3.05, 3.63) is 75.9 Å². The summed E-state index contributed by atoms with van der Waals surface area (Å²) in [5, 5.41) is 3.78. The highest BCUT2D eigenvalue weighted by molar-refractivity contribution is 9.10. The average Bonchev–Trinajstić information content (AvgIpc) is 3.59. The number of esters is 1. The van der Waals surface area contributed by atoms with Crippen LogP contribution in [0.25, 0.3) is 43.6 Å². The second-order valence-electron chi connectivity index (χ2n) is 7.87. The largest absolute Gasteiger partial charge is 0.461 e. The van der Waals surface area contributed by atoms with Crippen LogP contribution in [0.5, 0.6) is 0 Å². The van der Waals surface area contributed by atoms with E-state index in [9.17, 15) is 4.79 Å². The molecule has 0 unspecified atom stereocenters. The second kappa shape index (κ2) is 8.63. The second-order valence-corrected chi connectivity index (χ2v) is 10.5. The Hall–Kier alpha value is -3.47. The number of hydrogen-bond donors (Lipinski definition) is 1. The van der Waals surface area contributed by atoms with Crippen LogP contribution >= 0.6 is 38.6 Å². The van der Waals surface area contributed by atoms with E-state index in [1.165, 1.54) is 11.3 Å². The molecule has 0 saturated heterocycles. The molecule has 0 fully saturated rings. The summed E-state index contributed by atoms with van der Waals surface area (Å²) in [5.74, 6) is -0.362. The first kappa shape index (κ1) is 22.0. The first-order valence-electron chi connectivity index (χ1n) is 10.8. The Morgan fingerprint density at radius 3 is 2.69 bits per heavy atom. The summed E-state index contributed by atoms with van der Waals surface area (Å²) in [6.07, 6.45) is 5.87. The lowest BCUT2D eigenvalue weighted by atomic mass is 9.95. The number of nitrogens with zero attached hydrogens (tertiary/aromatic N) is 4. The molecule has 0 bridgehead atoms. The number of halogens is 1. The Labute approximate surface area is 216 Å². The molecular weight excluding hydrogens is 546 g/mol. The standard InChI is InChI=1S/C25H18BrN5O2S2/c1-2-33-23(32)22-13-35-25-29-21(12-31(22)25)18-4-3-16(26)10-19(18)14-7-15(9-17(27)8-14)20-11-30-5-6-34-24(30)28-20/h3-13H,2,27H2,1H3. The number of nitrogens with two attached hydrogens (primary N) is 1. The fourth-order valence-electron chi connectivity index (χ4n) is 4.07. The van der Waals surface area contributed by atoms with E-state index in [1.54, 1.807) is 28.0 Å². The van der Waals surface area contributed by atoms with Gasteiger partial charge in [0, 0.05) is 50.6 Å². The molecule has 0 aliphatic heterocycles. The number of aromatic nitrogens is 4. The molecule has 2 N–H and O–H groups in total. The Kier molecular flexibility index (Phi) is 5.43. The van der Waals surface area contributed by atoms with Crippen molar-refractivity contribution in [2.45, 2.75) is 6.92 Å². The van der Waals surface area contributed by atoms with E-state index in [0.717, 1.165) is 48.0 Å². The minimum atomic E-state index is -0.362. The van der Waals surface area contributed by atoms with Gasteiger partial charge >= 0.3 is 5.97 Å². The third-order valence-electron chi connectivity index (χ3n) is 5.61. The lowest BCUT2D eigenvalue weighted by Crippen LogP contribution is -2.06. The van der Waals surface area contributed by atoms with E-state index in [1.807, 2.05) is 52.6 Å². The number of hydrogen-bond acceptors (Lipinski definition) is 7. The number of carbonyl (C=O) groups is 1. The van der Waals surface area contributed by atoms with E-state index in [0.29, 0.717) is 18.0 Å². The van der Waals surface area contributed by atoms with Gasteiger partial charge in [-0.2, -0.15) is 0 Å². The van der Waals surface area contributed by atoms with Gasteiger partial charge in [0.1, 0.15) is 5.69 Å². The summed E-state index contributed by atoms with van der Waals surface area (Å²) >= 11 is 6.61. The zero-order valence-electron chi connectivity index (χ0n) is 18.4. The monoisotopic (exact) mass is 563 g/mol. The molecule has 10 heteroatoms. The maximum Gasteiger partial charge on any atom is 0.356 e. The van der Waals surface area contributed by atoms with Crippen LogP contribution in [-0.4, -0.2) is 31.3 Å². The number of ether oxygens (including phenoxy) is 1. The summed E-state index contributed by atoms with van der Waals surface area (Å²) in [6, 6.07) is 12.0. The number of carbonyl (C=O) groups excluding carboxylic acids is 1. The zero-order valence-corrected chi connectivity index (χ0v) is 21.7. The number of anilines is 1. The summed E-state index contributed by atoms with van der Waals surface area (Å²) in [6.45, 7) is 2.11. The average molecular weight is 564 g/mol. The smallest absolute Gasteiger partial charge is 0.356 e. The number of nitrogen functional groups attached to an aromatic ring is 1. The van der Waals surface area contributed by atoms with Crippen molar-refractivity contribution < 1.29 is 9.53 Å². The van der Waals surface area contributed by atoms with Crippen molar-refractivity contribution in [1.29, 1.82) is 0 Å². The number of thiazole rings is 2. The van der Waals surface area contributed by atoms with Crippen molar-refractivity contribution in [1.82, 2.24) is 18.8 Å². The fourth-order valence-corrected chi connectivity index (χ4v) is 5.97. The van der Waals surface area contributed by atoms with Crippen LogP contribution in [0.15, 0.2) is 70.2 Å². The summed E-state index contributed by atoms with van der Waals surface area (Å²) < 4.78 is 9.93. The van der Waals surface area contributed by atoms with Gasteiger partial charge in [0.2, 0.25) is 0 Å². The first-order valence-corrected chi connectivity index (χ1v) is 13.3. The van der Waals surface area contributed by atoms with Gasteiger partial charge in [-0.1, -0.05) is 22.0 Å². The van der Waals surface area contributed by atoms with E-state index in [2.05, 4.69) is 28.1 Å². The minimum absolute atomic E-state index is 0.320. The van der Waals surface area contributed by atoms with Gasteiger partial charge in [-0.3, -0.25) is 8.80 Å². The van der Waals surface area contributed by atoms with Crippen LogP contribution in [0.1, 0.15) is 17.4 Å². The molecule has 6 aromatic rings. The van der Waals surface area contributed by atoms with Crippen LogP contribution in [0.2, 0.25) is 0 Å². The molecule has 0 aliphatic carbocycles. The van der Waals surface area contributed by atoms with Crippen LogP contribution in [0.3, 0.4) is 0 Å². The molecule has 0 saturated carbocycles. The number of benzene rings is 2. The lowest BCUT2D eigenvalue weighted by Gasteiger charge is -2.11. The summed E-state index contributed by atoms with van der Waals surface area (Å²) in [4.78, 5) is 23.6. The molecule has 0 spiro atoms. The molecule has 6 rings (SSSR count). The molecule has 2 aromatic carbocycles. The summed E-state index contributed by atoms with van der Waals surface area (Å²) in [5.41, 5.74) is 12.9. The molecule has 0 atom stereocenters. The highest BCUT2D eigenvalue weighted by atomic mass is 79.9. The number of fused-ring (bicyclic) bond motifs is 2. The fraction of sp³-hybridized carbons (Fsp3) is 0.0800. The Balaban J connectivity index is 1.48. The predicted octanol–water partition coefficient (Wildman–Crippen LogP) is 6.63. The highest BCUT2D eigenvalue weighted by Gasteiger charge is 2.19. The molecular formula is C25H18BrN5O2S2. The number of imidazole rings is 2. The highest BCUT2D eigenvalue weighted by Crippen LogP contribution is 2.38. The van der Waals surface area contributed by atoms with Gasteiger partial charge in [0.25, 0.3) is 0 Å². The van der Waals surface area contributed by atoms with Gasteiger partial charge in [-0.15, -0.1) is 22.7 Å². The van der Waals surface area contributed by atoms with Gasteiger partial charge in [-0.05, 0) is 48.4 Å². The summed E-state index contributed by atoms with van der Waals surface area (Å²) in [7, 11) is 0. The quantitative estimate of drug-likeness (QED) is 0.188. The topological polar surface area (TPSA) is 86.9 Å². The third kappa shape index (κ3) is 3.93. The molecule has 0 amide bonds. The SMILES string of the molecule is CCOC(=O)c1csc2nc(-c3ccc(Br)cc3-c3cc(N)cc(-c4cn5ccsc5n4)c3)cn12. The van der Waals surface area contributed by atoms with E-state index in [4.69, 9.17) is 20.4 Å². The van der Waals surface area contributed by atoms with Gasteiger partial charge in [-0.25, -0.2) is 14.8 Å². The molecule has 0 radical (unpaired) electrons. The van der Waals surface area contributed by atoms with Crippen molar-refractivity contribution in [3.8, 4) is 33.6 Å². The zero-order chi connectivity index (χ0) is 24.1. The minimum Gasteiger partial charge on any atom is -0.461 e. The van der Waals surface area contributed by atoms with Crippen molar-refractivity contribution >= 4 is 60.2 Å². The van der Waals surface area contributed by atoms with Crippen LogP contribution in [-0.2, 0) is 4.74 Å². The van der Waals surface area contributed by atoms with E-state index < -0.39 is 0 Å². The molecule has 4 aromatic heterocycles. The molecule has 174 valence electrons. The van der Waals surface area contributed by atoms with Crippen LogP contribution in [0, 0.1) is 0 Å². The van der Waals surface area contributed by atoms with Crippen molar-refractivity contribution in [2.24, 2.45) is 0 Å². The molecule has 0 aliphatic rings. The van der Waals surface area contributed by atoms with E-state index >= 15 is 0 Å². The Morgan fingerprint density at radius 1 is 1.03 bits per heavy atom. The van der Waals surface area contributed by atoms with Crippen molar-refractivity contribution in [2.75, 3.05) is 12.3 Å². The molecule has 4 heterocycles. The maximum atomic E-state index is 12.4. The normalized spacial score (nSPS) is 11.5. The molecule has 7 nitrogen and oxygen atoms in total. The van der Waals surface area contributed by atoms with Gasteiger partial charge < -0.3 is 10.5 Å². The Bertz CT molecular complexity index is 1700. The lowest BCUT2D eigenvalue weighted by molar-refractivity contribution is 0.0518.